The minimum Gasteiger partial charge on any atom is -0.370 e. The van der Waals surface area contributed by atoms with Crippen LogP contribution in [0.15, 0.2) is 4.99 Å². The predicted molar refractivity (Wildman–Crippen MR) is 86.0 cm³/mol. The lowest BCUT2D eigenvalue weighted by Gasteiger charge is -2.36. The highest BCUT2D eigenvalue weighted by Crippen LogP contribution is 2.36. The molecular formula is C16H30N4O. The highest BCUT2D eigenvalue weighted by Gasteiger charge is 2.30. The average Bonchev–Trinajstić information content (AvgIpc) is 2.86. The number of nitrogens with two attached hydrogens (primary N) is 1. The van der Waals surface area contributed by atoms with Crippen LogP contribution >= 0.6 is 0 Å². The molecule has 0 aromatic carbocycles. The number of rotatable bonds is 4. The van der Waals surface area contributed by atoms with E-state index in [1.807, 2.05) is 7.05 Å². The monoisotopic (exact) mass is 294 g/mol. The number of hydrogen-bond donors (Lipinski definition) is 2. The Balaban J connectivity index is 1.86. The van der Waals surface area contributed by atoms with Crippen molar-refractivity contribution in [2.75, 3.05) is 26.7 Å². The van der Waals surface area contributed by atoms with Gasteiger partial charge in [0.1, 0.15) is 0 Å². The number of primary amides is 1. The van der Waals surface area contributed by atoms with Crippen LogP contribution in [0.3, 0.4) is 0 Å². The molecule has 0 spiro atoms. The smallest absolute Gasteiger partial charge is 0.217 e. The van der Waals surface area contributed by atoms with Crippen molar-refractivity contribution in [3.05, 3.63) is 0 Å². The zero-order valence-corrected chi connectivity index (χ0v) is 13.5. The van der Waals surface area contributed by atoms with Crippen molar-refractivity contribution < 1.29 is 4.79 Å². The Hall–Kier alpha value is -1.26. The molecule has 2 aliphatic rings. The van der Waals surface area contributed by atoms with E-state index in [2.05, 4.69) is 22.1 Å². The Kier molecular flexibility index (Phi) is 5.48. The van der Waals surface area contributed by atoms with E-state index in [9.17, 15) is 4.79 Å². The maximum atomic E-state index is 11.1. The van der Waals surface area contributed by atoms with Crippen molar-refractivity contribution >= 4 is 11.9 Å². The second-order valence-corrected chi connectivity index (χ2v) is 7.04. The average molecular weight is 294 g/mol. The van der Waals surface area contributed by atoms with Crippen LogP contribution in [0.2, 0.25) is 0 Å². The molecule has 5 heteroatoms. The number of carbonyl (C=O) groups is 1. The van der Waals surface area contributed by atoms with Crippen LogP contribution in [0.5, 0.6) is 0 Å². The zero-order chi connectivity index (χ0) is 15.3. The molecule has 0 aromatic rings. The zero-order valence-electron chi connectivity index (χ0n) is 13.5. The van der Waals surface area contributed by atoms with Gasteiger partial charge in [-0.15, -0.1) is 0 Å². The van der Waals surface area contributed by atoms with Gasteiger partial charge < -0.3 is 16.0 Å². The van der Waals surface area contributed by atoms with Gasteiger partial charge in [-0.1, -0.05) is 19.8 Å². The second kappa shape index (κ2) is 7.14. The maximum Gasteiger partial charge on any atom is 0.217 e. The van der Waals surface area contributed by atoms with Crippen LogP contribution in [0.1, 0.15) is 51.9 Å². The number of nitrogens with zero attached hydrogens (tertiary/aromatic N) is 2. The summed E-state index contributed by atoms with van der Waals surface area (Å²) in [5.41, 5.74) is 5.75. The van der Waals surface area contributed by atoms with Gasteiger partial charge in [0.15, 0.2) is 5.96 Å². The molecule has 1 saturated heterocycles. The third-order valence-corrected chi connectivity index (χ3v) is 5.00. The van der Waals surface area contributed by atoms with Crippen LogP contribution < -0.4 is 11.1 Å². The molecule has 5 nitrogen and oxygen atoms in total. The molecule has 0 bridgehead atoms. The van der Waals surface area contributed by atoms with E-state index in [0.717, 1.165) is 38.4 Å². The van der Waals surface area contributed by atoms with E-state index >= 15 is 0 Å². The van der Waals surface area contributed by atoms with E-state index in [0.29, 0.717) is 17.8 Å². The summed E-state index contributed by atoms with van der Waals surface area (Å²) in [6.45, 7) is 5.27. The Labute approximate surface area is 128 Å². The van der Waals surface area contributed by atoms with Gasteiger partial charge in [0, 0.05) is 33.1 Å². The van der Waals surface area contributed by atoms with Crippen molar-refractivity contribution in [2.45, 2.75) is 51.9 Å². The van der Waals surface area contributed by atoms with E-state index in [1.54, 1.807) is 0 Å². The van der Waals surface area contributed by atoms with Gasteiger partial charge >= 0.3 is 0 Å². The van der Waals surface area contributed by atoms with Gasteiger partial charge in [-0.05, 0) is 37.0 Å². The standard InChI is InChI=1S/C16H30N4O/c1-16(7-3-4-8-16)12-19-15(18-2)20-9-5-6-13(11-20)10-14(17)21/h13H,3-12H2,1-2H3,(H2,17,21)(H,18,19). The molecule has 0 radical (unpaired) electrons. The molecule has 2 fully saturated rings. The molecule has 1 heterocycles. The molecule has 1 aliphatic carbocycles. The molecule has 1 aliphatic heterocycles. The minimum atomic E-state index is -0.191. The normalized spacial score (nSPS) is 25.9. The van der Waals surface area contributed by atoms with E-state index in [1.165, 1.54) is 25.7 Å². The largest absolute Gasteiger partial charge is 0.370 e. The third kappa shape index (κ3) is 4.61. The number of carbonyl (C=O) groups excluding carboxylic acids is 1. The van der Waals surface area contributed by atoms with Crippen LogP contribution in [-0.4, -0.2) is 43.4 Å². The molecule has 1 atom stereocenters. The van der Waals surface area contributed by atoms with E-state index in [4.69, 9.17) is 5.73 Å². The number of hydrogen-bond acceptors (Lipinski definition) is 2. The van der Waals surface area contributed by atoms with Crippen LogP contribution in [-0.2, 0) is 4.79 Å². The van der Waals surface area contributed by atoms with Crippen molar-refractivity contribution in [2.24, 2.45) is 22.1 Å². The number of aliphatic imine (C=N–C) groups is 1. The summed E-state index contributed by atoms with van der Waals surface area (Å²) in [4.78, 5) is 17.8. The SMILES string of the molecule is CN=C(NCC1(C)CCCC1)N1CCCC(CC(N)=O)C1. The summed E-state index contributed by atoms with van der Waals surface area (Å²) in [7, 11) is 1.84. The van der Waals surface area contributed by atoms with Gasteiger partial charge in [-0.25, -0.2) is 0 Å². The quantitative estimate of drug-likeness (QED) is 0.613. The van der Waals surface area contributed by atoms with Crippen molar-refractivity contribution in [1.82, 2.24) is 10.2 Å². The van der Waals surface area contributed by atoms with Gasteiger partial charge in [0.05, 0.1) is 0 Å². The first-order valence-electron chi connectivity index (χ1n) is 8.26. The van der Waals surface area contributed by atoms with Gasteiger partial charge in [0.25, 0.3) is 0 Å². The highest BCUT2D eigenvalue weighted by atomic mass is 16.1. The lowest BCUT2D eigenvalue weighted by molar-refractivity contribution is -0.119. The Bertz CT molecular complexity index is 388. The lowest BCUT2D eigenvalue weighted by Crippen LogP contribution is -2.49. The first kappa shape index (κ1) is 16.1. The lowest BCUT2D eigenvalue weighted by atomic mass is 9.89. The molecule has 1 amide bonds. The molecule has 21 heavy (non-hydrogen) atoms. The summed E-state index contributed by atoms with van der Waals surface area (Å²) in [5.74, 6) is 1.16. The molecule has 1 saturated carbocycles. The molecule has 2 rings (SSSR count). The van der Waals surface area contributed by atoms with E-state index in [-0.39, 0.29) is 5.91 Å². The van der Waals surface area contributed by atoms with Crippen LogP contribution in [0.25, 0.3) is 0 Å². The summed E-state index contributed by atoms with van der Waals surface area (Å²) in [5, 5.41) is 3.56. The van der Waals surface area contributed by atoms with Crippen molar-refractivity contribution in [3.63, 3.8) is 0 Å². The second-order valence-electron chi connectivity index (χ2n) is 7.04. The third-order valence-electron chi connectivity index (χ3n) is 5.00. The Morgan fingerprint density at radius 3 is 2.71 bits per heavy atom. The number of amides is 1. The summed E-state index contributed by atoms with van der Waals surface area (Å²) < 4.78 is 0. The summed E-state index contributed by atoms with van der Waals surface area (Å²) in [6.07, 6.45) is 8.00. The molecule has 0 aromatic heterocycles. The maximum absolute atomic E-state index is 11.1. The van der Waals surface area contributed by atoms with Crippen LogP contribution in [0.4, 0.5) is 0 Å². The van der Waals surface area contributed by atoms with Gasteiger partial charge in [-0.2, -0.15) is 0 Å². The van der Waals surface area contributed by atoms with Gasteiger partial charge in [0.2, 0.25) is 5.91 Å². The first-order valence-corrected chi connectivity index (χ1v) is 8.26. The summed E-state index contributed by atoms with van der Waals surface area (Å²) >= 11 is 0. The minimum absolute atomic E-state index is 0.191. The van der Waals surface area contributed by atoms with Crippen molar-refractivity contribution in [3.8, 4) is 0 Å². The molecule has 120 valence electrons. The predicted octanol–water partition coefficient (Wildman–Crippen LogP) is 1.73. The molecular weight excluding hydrogens is 264 g/mol. The number of guanidine groups is 1. The highest BCUT2D eigenvalue weighted by molar-refractivity contribution is 5.80. The fourth-order valence-electron chi connectivity index (χ4n) is 3.74. The first-order chi connectivity index (χ1) is 10.0. The Morgan fingerprint density at radius 1 is 1.38 bits per heavy atom. The van der Waals surface area contributed by atoms with Gasteiger partial charge in [-0.3, -0.25) is 9.79 Å². The number of likely N-dealkylation sites (tertiary alicyclic amines) is 1. The fraction of sp³-hybridized carbons (Fsp3) is 0.875. The number of piperidine rings is 1. The molecule has 1 unspecified atom stereocenters. The fourth-order valence-corrected chi connectivity index (χ4v) is 3.74. The van der Waals surface area contributed by atoms with Crippen LogP contribution in [0, 0.1) is 11.3 Å². The van der Waals surface area contributed by atoms with Crippen molar-refractivity contribution in [1.29, 1.82) is 0 Å². The van der Waals surface area contributed by atoms with E-state index < -0.39 is 0 Å². The summed E-state index contributed by atoms with van der Waals surface area (Å²) in [6, 6.07) is 0. The topological polar surface area (TPSA) is 70.7 Å². The Morgan fingerprint density at radius 2 is 2.10 bits per heavy atom. The number of nitrogens with one attached hydrogen (secondary N) is 1. The molecule has 3 N–H and O–H groups in total.